The van der Waals surface area contributed by atoms with Crippen LogP contribution in [0.3, 0.4) is 0 Å². The number of aliphatic imine (C=N–C) groups is 1. The maximum atomic E-state index is 5.36. The van der Waals surface area contributed by atoms with Gasteiger partial charge in [0, 0.05) is 26.0 Å². The van der Waals surface area contributed by atoms with Crippen LogP contribution in [0.25, 0.3) is 0 Å². The first-order valence-electron chi connectivity index (χ1n) is 5.41. The summed E-state index contributed by atoms with van der Waals surface area (Å²) in [5, 5.41) is 3.03. The first kappa shape index (κ1) is 13.4. The second-order valence-electron chi connectivity index (χ2n) is 3.53. The number of methoxy groups -OCH3 is 1. The van der Waals surface area contributed by atoms with Crippen molar-refractivity contribution in [3.63, 3.8) is 0 Å². The van der Waals surface area contributed by atoms with E-state index >= 15 is 0 Å². The summed E-state index contributed by atoms with van der Waals surface area (Å²) < 4.78 is 4.92. The van der Waals surface area contributed by atoms with Gasteiger partial charge in [-0.3, -0.25) is 10.4 Å². The minimum atomic E-state index is 0.554. The molecule has 0 fully saturated rings. The summed E-state index contributed by atoms with van der Waals surface area (Å²) in [7, 11) is 1.65. The second kappa shape index (κ2) is 7.59. The third-order valence-corrected chi connectivity index (χ3v) is 2.28. The van der Waals surface area contributed by atoms with Crippen molar-refractivity contribution in [1.82, 2.24) is 15.7 Å². The van der Waals surface area contributed by atoms with Crippen molar-refractivity contribution < 1.29 is 4.74 Å². The number of aryl methyl sites for hydroxylation is 1. The van der Waals surface area contributed by atoms with Gasteiger partial charge in [-0.2, -0.15) is 0 Å². The van der Waals surface area contributed by atoms with E-state index in [2.05, 4.69) is 20.7 Å². The van der Waals surface area contributed by atoms with Crippen molar-refractivity contribution in [1.29, 1.82) is 0 Å². The van der Waals surface area contributed by atoms with E-state index in [1.54, 1.807) is 13.3 Å². The average Bonchev–Trinajstić information content (AvgIpc) is 2.35. The molecule has 0 aromatic carbocycles. The summed E-state index contributed by atoms with van der Waals surface area (Å²) in [4.78, 5) is 8.36. The number of hydrogen-bond acceptors (Lipinski definition) is 4. The molecule has 0 bridgehead atoms. The quantitative estimate of drug-likeness (QED) is 0.220. The lowest BCUT2D eigenvalue weighted by atomic mass is 10.2. The van der Waals surface area contributed by atoms with E-state index in [1.165, 1.54) is 0 Å². The molecule has 0 atom stereocenters. The summed E-state index contributed by atoms with van der Waals surface area (Å²) in [5.74, 6) is 5.91. The molecule has 1 heterocycles. The van der Waals surface area contributed by atoms with Crippen LogP contribution >= 0.6 is 0 Å². The standard InChI is InChI=1S/C11H19N5O/c1-9-7-13-4-3-10(9)8-15-11(16-12)14-5-6-17-2/h3-4,7H,5-6,8,12H2,1-2H3,(H2,14,15,16). The predicted octanol–water partition coefficient (Wildman–Crippen LogP) is -0.0547. The smallest absolute Gasteiger partial charge is 0.206 e. The molecule has 6 nitrogen and oxygen atoms in total. The van der Waals surface area contributed by atoms with E-state index in [9.17, 15) is 0 Å². The van der Waals surface area contributed by atoms with Crippen LogP contribution in [0.15, 0.2) is 23.5 Å². The van der Waals surface area contributed by atoms with Gasteiger partial charge in [0.05, 0.1) is 13.2 Å². The van der Waals surface area contributed by atoms with Crippen molar-refractivity contribution in [2.45, 2.75) is 13.5 Å². The van der Waals surface area contributed by atoms with Gasteiger partial charge < -0.3 is 10.1 Å². The van der Waals surface area contributed by atoms with Crippen LogP contribution in [0.2, 0.25) is 0 Å². The van der Waals surface area contributed by atoms with Crippen LogP contribution in [0.1, 0.15) is 11.1 Å². The zero-order valence-corrected chi connectivity index (χ0v) is 10.2. The van der Waals surface area contributed by atoms with Crippen molar-refractivity contribution in [3.8, 4) is 0 Å². The van der Waals surface area contributed by atoms with Gasteiger partial charge in [-0.1, -0.05) is 0 Å². The summed E-state index contributed by atoms with van der Waals surface area (Å²) in [6, 6.07) is 1.95. The molecule has 0 amide bonds. The number of ether oxygens (including phenoxy) is 1. The molecule has 0 aliphatic carbocycles. The lowest BCUT2D eigenvalue weighted by molar-refractivity contribution is 0.203. The number of guanidine groups is 1. The Bertz CT molecular complexity index is 367. The third-order valence-electron chi connectivity index (χ3n) is 2.28. The predicted molar refractivity (Wildman–Crippen MR) is 67.3 cm³/mol. The van der Waals surface area contributed by atoms with Crippen molar-refractivity contribution in [3.05, 3.63) is 29.6 Å². The highest BCUT2D eigenvalue weighted by atomic mass is 16.5. The van der Waals surface area contributed by atoms with E-state index in [4.69, 9.17) is 10.6 Å². The second-order valence-corrected chi connectivity index (χ2v) is 3.53. The molecule has 0 saturated heterocycles. The summed E-state index contributed by atoms with van der Waals surface area (Å²) in [6.45, 7) is 3.84. The summed E-state index contributed by atoms with van der Waals surface area (Å²) >= 11 is 0. The van der Waals surface area contributed by atoms with E-state index in [0.29, 0.717) is 25.7 Å². The molecule has 94 valence electrons. The first-order chi connectivity index (χ1) is 8.27. The number of rotatable bonds is 5. The summed E-state index contributed by atoms with van der Waals surface area (Å²) in [6.07, 6.45) is 3.57. The molecule has 0 aliphatic rings. The number of hydrogen-bond donors (Lipinski definition) is 3. The molecular formula is C11H19N5O. The highest BCUT2D eigenvalue weighted by molar-refractivity contribution is 5.79. The Balaban J connectivity index is 2.52. The van der Waals surface area contributed by atoms with Gasteiger partial charge in [-0.05, 0) is 24.1 Å². The SMILES string of the molecule is COCCNC(=NCc1ccncc1C)NN. The molecule has 1 aromatic rings. The molecule has 0 radical (unpaired) electrons. The number of pyridine rings is 1. The van der Waals surface area contributed by atoms with E-state index in [1.807, 2.05) is 19.2 Å². The monoisotopic (exact) mass is 237 g/mol. The van der Waals surface area contributed by atoms with E-state index in [0.717, 1.165) is 11.1 Å². The Hall–Kier alpha value is -1.66. The zero-order chi connectivity index (χ0) is 12.5. The van der Waals surface area contributed by atoms with Gasteiger partial charge >= 0.3 is 0 Å². The first-order valence-corrected chi connectivity index (χ1v) is 5.41. The van der Waals surface area contributed by atoms with E-state index < -0.39 is 0 Å². The molecule has 6 heteroatoms. The topological polar surface area (TPSA) is 84.6 Å². The van der Waals surface area contributed by atoms with Crippen LogP contribution in [-0.4, -0.2) is 31.2 Å². The fraction of sp³-hybridized carbons (Fsp3) is 0.455. The number of nitrogens with one attached hydrogen (secondary N) is 2. The highest BCUT2D eigenvalue weighted by Gasteiger charge is 1.98. The molecule has 17 heavy (non-hydrogen) atoms. The van der Waals surface area contributed by atoms with Gasteiger partial charge in [0.2, 0.25) is 5.96 Å². The third kappa shape index (κ3) is 4.80. The molecular weight excluding hydrogens is 218 g/mol. The normalized spacial score (nSPS) is 11.4. The number of hydrazine groups is 1. The molecule has 0 aliphatic heterocycles. The lowest BCUT2D eigenvalue weighted by Crippen LogP contribution is -2.42. The number of aromatic nitrogens is 1. The highest BCUT2D eigenvalue weighted by Crippen LogP contribution is 2.05. The van der Waals surface area contributed by atoms with Crippen LogP contribution < -0.4 is 16.6 Å². The fourth-order valence-corrected chi connectivity index (χ4v) is 1.27. The van der Waals surface area contributed by atoms with Gasteiger partial charge in [-0.25, -0.2) is 10.8 Å². The largest absolute Gasteiger partial charge is 0.383 e. The molecule has 0 saturated carbocycles. The lowest BCUT2D eigenvalue weighted by Gasteiger charge is -2.09. The molecule has 1 aromatic heterocycles. The van der Waals surface area contributed by atoms with Crippen LogP contribution in [0, 0.1) is 6.92 Å². The molecule has 0 spiro atoms. The number of nitrogens with two attached hydrogens (primary N) is 1. The minimum absolute atomic E-state index is 0.554. The average molecular weight is 237 g/mol. The number of nitrogens with zero attached hydrogens (tertiary/aromatic N) is 2. The molecule has 4 N–H and O–H groups in total. The Labute approximate surface area is 101 Å². The maximum absolute atomic E-state index is 5.36. The van der Waals surface area contributed by atoms with Crippen molar-refractivity contribution >= 4 is 5.96 Å². The Kier molecular flexibility index (Phi) is 5.98. The van der Waals surface area contributed by atoms with Crippen molar-refractivity contribution in [2.75, 3.05) is 20.3 Å². The van der Waals surface area contributed by atoms with Crippen LogP contribution in [-0.2, 0) is 11.3 Å². The van der Waals surface area contributed by atoms with Crippen molar-refractivity contribution in [2.24, 2.45) is 10.8 Å². The molecule has 0 unspecified atom stereocenters. The Morgan fingerprint density at radius 2 is 2.41 bits per heavy atom. The van der Waals surface area contributed by atoms with Gasteiger partial charge in [0.15, 0.2) is 0 Å². The van der Waals surface area contributed by atoms with Gasteiger partial charge in [0.25, 0.3) is 0 Å². The van der Waals surface area contributed by atoms with Gasteiger partial charge in [0.1, 0.15) is 0 Å². The zero-order valence-electron chi connectivity index (χ0n) is 10.2. The minimum Gasteiger partial charge on any atom is -0.383 e. The maximum Gasteiger partial charge on any atom is 0.206 e. The van der Waals surface area contributed by atoms with E-state index in [-0.39, 0.29) is 0 Å². The van der Waals surface area contributed by atoms with Crippen LogP contribution in [0.5, 0.6) is 0 Å². The van der Waals surface area contributed by atoms with Gasteiger partial charge in [-0.15, -0.1) is 0 Å². The Morgan fingerprint density at radius 1 is 1.59 bits per heavy atom. The molecule has 1 rings (SSSR count). The van der Waals surface area contributed by atoms with Crippen LogP contribution in [0.4, 0.5) is 0 Å². The Morgan fingerprint density at radius 3 is 3.06 bits per heavy atom. The fourth-order valence-electron chi connectivity index (χ4n) is 1.27. The summed E-state index contributed by atoms with van der Waals surface area (Å²) in [5.41, 5.74) is 4.76.